The molecule has 2 aromatic carbocycles. The van der Waals surface area contributed by atoms with Crippen LogP contribution in [0, 0.1) is 6.92 Å². The van der Waals surface area contributed by atoms with E-state index in [0.29, 0.717) is 16.6 Å². The Kier molecular flexibility index (Phi) is 4.68. The Hall–Kier alpha value is -3.06. The molecule has 1 aliphatic heterocycles. The van der Waals surface area contributed by atoms with E-state index >= 15 is 0 Å². The highest BCUT2D eigenvalue weighted by molar-refractivity contribution is 7.14. The first-order valence-electron chi connectivity index (χ1n) is 8.44. The van der Waals surface area contributed by atoms with Crippen LogP contribution in [0.15, 0.2) is 47.8 Å². The Bertz CT molecular complexity index is 986. The summed E-state index contributed by atoms with van der Waals surface area (Å²) in [6.45, 7) is 2.17. The van der Waals surface area contributed by atoms with Crippen LogP contribution in [0.5, 0.6) is 17.2 Å². The molecule has 4 rings (SSSR count). The molecular weight excluding hydrogens is 364 g/mol. The number of aryl methyl sites for hydroxylation is 1. The lowest BCUT2D eigenvalue weighted by Gasteiger charge is -2.25. The van der Waals surface area contributed by atoms with Crippen molar-refractivity contribution in [1.82, 2.24) is 4.98 Å². The number of amides is 1. The maximum Gasteiger partial charge on any atom is 0.270 e. The van der Waals surface area contributed by atoms with E-state index in [0.717, 1.165) is 22.6 Å². The molecule has 7 heteroatoms. The van der Waals surface area contributed by atoms with Gasteiger partial charge in [-0.1, -0.05) is 23.8 Å². The lowest BCUT2D eigenvalue weighted by Crippen LogP contribution is -2.40. The van der Waals surface area contributed by atoms with Gasteiger partial charge in [0, 0.05) is 10.9 Å². The van der Waals surface area contributed by atoms with Crippen LogP contribution in [0.3, 0.4) is 0 Å². The maximum atomic E-state index is 12.5. The second-order valence-corrected chi connectivity index (χ2v) is 6.95. The fraction of sp³-hybridized carbons (Fsp3) is 0.200. The Balaban J connectivity index is 1.49. The largest absolute Gasteiger partial charge is 0.496 e. The minimum absolute atomic E-state index is 0.160. The van der Waals surface area contributed by atoms with Crippen molar-refractivity contribution in [2.45, 2.75) is 13.0 Å². The quantitative estimate of drug-likeness (QED) is 0.741. The molecule has 1 amide bonds. The van der Waals surface area contributed by atoms with Gasteiger partial charge in [0.1, 0.15) is 12.4 Å². The van der Waals surface area contributed by atoms with Gasteiger partial charge in [-0.05, 0) is 31.2 Å². The highest BCUT2D eigenvalue weighted by atomic mass is 32.1. The molecule has 1 N–H and O–H groups in total. The lowest BCUT2D eigenvalue weighted by molar-refractivity contribution is -0.125. The third kappa shape index (κ3) is 3.59. The molecule has 0 spiro atoms. The Morgan fingerprint density at radius 2 is 2.07 bits per heavy atom. The van der Waals surface area contributed by atoms with Gasteiger partial charge in [0.2, 0.25) is 6.10 Å². The van der Waals surface area contributed by atoms with Crippen LogP contribution in [0.4, 0.5) is 5.13 Å². The molecule has 0 saturated heterocycles. The first kappa shape index (κ1) is 17.4. The second kappa shape index (κ2) is 7.28. The van der Waals surface area contributed by atoms with Crippen LogP contribution in [-0.4, -0.2) is 30.7 Å². The summed E-state index contributed by atoms with van der Waals surface area (Å²) in [5.74, 6) is 1.66. The van der Waals surface area contributed by atoms with Gasteiger partial charge in [-0.15, -0.1) is 11.3 Å². The van der Waals surface area contributed by atoms with Crippen molar-refractivity contribution >= 4 is 22.4 Å². The number of thiazole rings is 1. The van der Waals surface area contributed by atoms with Crippen molar-refractivity contribution in [1.29, 1.82) is 0 Å². The molecule has 6 nitrogen and oxygen atoms in total. The summed E-state index contributed by atoms with van der Waals surface area (Å²) < 4.78 is 16.7. The third-order valence-corrected chi connectivity index (χ3v) is 4.92. The number of anilines is 1. The fourth-order valence-corrected chi connectivity index (χ4v) is 3.52. The molecule has 3 aromatic rings. The molecule has 0 aliphatic carbocycles. The molecule has 2 heterocycles. The van der Waals surface area contributed by atoms with E-state index in [1.807, 2.05) is 48.7 Å². The van der Waals surface area contributed by atoms with Crippen molar-refractivity contribution in [3.63, 3.8) is 0 Å². The van der Waals surface area contributed by atoms with E-state index in [2.05, 4.69) is 10.3 Å². The van der Waals surface area contributed by atoms with Crippen molar-refractivity contribution < 1.29 is 19.0 Å². The van der Waals surface area contributed by atoms with Crippen LogP contribution in [0.2, 0.25) is 0 Å². The Labute approximate surface area is 160 Å². The second-order valence-electron chi connectivity index (χ2n) is 6.10. The van der Waals surface area contributed by atoms with E-state index in [9.17, 15) is 4.79 Å². The van der Waals surface area contributed by atoms with E-state index < -0.39 is 6.10 Å². The summed E-state index contributed by atoms with van der Waals surface area (Å²) in [4.78, 5) is 17.0. The SMILES string of the molecule is COc1ccc(C)cc1-c1csc(NC(=O)C2COc3ccccc3O2)n1. The van der Waals surface area contributed by atoms with Gasteiger partial charge in [0.25, 0.3) is 5.91 Å². The fourth-order valence-electron chi connectivity index (χ4n) is 2.81. The van der Waals surface area contributed by atoms with Gasteiger partial charge in [-0.2, -0.15) is 0 Å². The van der Waals surface area contributed by atoms with E-state index in [1.54, 1.807) is 13.2 Å². The topological polar surface area (TPSA) is 69.7 Å². The predicted octanol–water partition coefficient (Wildman–Crippen LogP) is 3.91. The van der Waals surface area contributed by atoms with Gasteiger partial charge in [-0.3, -0.25) is 10.1 Å². The van der Waals surface area contributed by atoms with Crippen LogP contribution in [0.1, 0.15) is 5.56 Å². The Morgan fingerprint density at radius 1 is 1.26 bits per heavy atom. The number of nitrogens with one attached hydrogen (secondary N) is 1. The van der Waals surface area contributed by atoms with Crippen LogP contribution < -0.4 is 19.5 Å². The normalized spacial score (nSPS) is 15.3. The summed E-state index contributed by atoms with van der Waals surface area (Å²) in [6, 6.07) is 13.2. The van der Waals surface area contributed by atoms with Gasteiger partial charge < -0.3 is 14.2 Å². The summed E-state index contributed by atoms with van der Waals surface area (Å²) in [7, 11) is 1.63. The van der Waals surface area contributed by atoms with E-state index in [1.165, 1.54) is 11.3 Å². The van der Waals surface area contributed by atoms with Gasteiger partial charge in [0.05, 0.1) is 12.8 Å². The summed E-state index contributed by atoms with van der Waals surface area (Å²) >= 11 is 1.35. The molecule has 0 saturated carbocycles. The first-order chi connectivity index (χ1) is 13.1. The summed E-state index contributed by atoms with van der Waals surface area (Å²) in [5, 5.41) is 5.20. The van der Waals surface area contributed by atoms with Crippen molar-refractivity contribution in [3.05, 3.63) is 53.4 Å². The zero-order chi connectivity index (χ0) is 18.8. The zero-order valence-electron chi connectivity index (χ0n) is 14.9. The number of ether oxygens (including phenoxy) is 3. The summed E-state index contributed by atoms with van der Waals surface area (Å²) in [5.41, 5.74) is 2.75. The number of carbonyl (C=O) groups excluding carboxylic acids is 1. The van der Waals surface area contributed by atoms with E-state index in [4.69, 9.17) is 14.2 Å². The number of hydrogen-bond donors (Lipinski definition) is 1. The number of benzene rings is 2. The number of nitrogens with zero attached hydrogens (tertiary/aromatic N) is 1. The minimum Gasteiger partial charge on any atom is -0.496 e. The highest BCUT2D eigenvalue weighted by Gasteiger charge is 2.28. The third-order valence-electron chi connectivity index (χ3n) is 4.17. The number of fused-ring (bicyclic) bond motifs is 1. The molecule has 1 aliphatic rings. The molecule has 1 unspecified atom stereocenters. The maximum absolute atomic E-state index is 12.5. The zero-order valence-corrected chi connectivity index (χ0v) is 15.7. The van der Waals surface area contributed by atoms with Crippen molar-refractivity contribution in [3.8, 4) is 28.5 Å². The van der Waals surface area contributed by atoms with Crippen molar-refractivity contribution in [2.75, 3.05) is 19.0 Å². The molecule has 0 bridgehead atoms. The standard InChI is InChI=1S/C20H18N2O4S/c1-12-7-8-15(24-2)13(9-12)14-11-27-20(21-14)22-19(23)18-10-25-16-5-3-4-6-17(16)26-18/h3-9,11,18H,10H2,1-2H3,(H,21,22,23). The number of rotatable bonds is 4. The van der Waals surface area contributed by atoms with Crippen LogP contribution in [0.25, 0.3) is 11.3 Å². The molecule has 138 valence electrons. The number of hydrogen-bond acceptors (Lipinski definition) is 6. The number of methoxy groups -OCH3 is 1. The molecule has 0 radical (unpaired) electrons. The number of aromatic nitrogens is 1. The average molecular weight is 382 g/mol. The van der Waals surface area contributed by atoms with Crippen molar-refractivity contribution in [2.24, 2.45) is 0 Å². The first-order valence-corrected chi connectivity index (χ1v) is 9.32. The lowest BCUT2D eigenvalue weighted by atomic mass is 10.1. The summed E-state index contributed by atoms with van der Waals surface area (Å²) in [6.07, 6.45) is -0.722. The van der Waals surface area contributed by atoms with Gasteiger partial charge in [0.15, 0.2) is 16.6 Å². The minimum atomic E-state index is -0.722. The Morgan fingerprint density at radius 3 is 2.89 bits per heavy atom. The molecule has 27 heavy (non-hydrogen) atoms. The smallest absolute Gasteiger partial charge is 0.270 e. The molecule has 0 fully saturated rings. The molecule has 1 atom stereocenters. The highest BCUT2D eigenvalue weighted by Crippen LogP contribution is 2.34. The van der Waals surface area contributed by atoms with E-state index in [-0.39, 0.29) is 12.5 Å². The number of carbonyl (C=O) groups is 1. The average Bonchev–Trinajstić information content (AvgIpc) is 3.16. The van der Waals surface area contributed by atoms with Gasteiger partial charge >= 0.3 is 0 Å². The predicted molar refractivity (Wildman–Crippen MR) is 104 cm³/mol. The van der Waals surface area contributed by atoms with Crippen LogP contribution in [-0.2, 0) is 4.79 Å². The van der Waals surface area contributed by atoms with Gasteiger partial charge in [-0.25, -0.2) is 4.98 Å². The molecular formula is C20H18N2O4S. The number of para-hydroxylation sites is 2. The van der Waals surface area contributed by atoms with Crippen LogP contribution >= 0.6 is 11.3 Å². The molecule has 1 aromatic heterocycles. The monoisotopic (exact) mass is 382 g/mol.